The van der Waals surface area contributed by atoms with Crippen molar-refractivity contribution in [2.75, 3.05) is 33.0 Å². The smallest absolute Gasteiger partial charge is 0.263 e. The van der Waals surface area contributed by atoms with Gasteiger partial charge in [0.05, 0.1) is 0 Å². The second kappa shape index (κ2) is 8.60. The van der Waals surface area contributed by atoms with Crippen molar-refractivity contribution in [2.45, 2.75) is 6.17 Å². The summed E-state index contributed by atoms with van der Waals surface area (Å²) >= 11 is 0. The highest BCUT2D eigenvalue weighted by Crippen LogP contribution is 2.33. The van der Waals surface area contributed by atoms with Gasteiger partial charge in [-0.1, -0.05) is 6.07 Å². The van der Waals surface area contributed by atoms with Crippen molar-refractivity contribution in [3.63, 3.8) is 0 Å². The van der Waals surface area contributed by atoms with E-state index in [1.54, 1.807) is 12.1 Å². The third kappa shape index (κ3) is 4.02. The van der Waals surface area contributed by atoms with Gasteiger partial charge in [-0.15, -0.1) is 0 Å². The molecule has 0 spiro atoms. The van der Waals surface area contributed by atoms with Crippen LogP contribution < -0.4 is 20.5 Å². The molecule has 10 heteroatoms. The lowest BCUT2D eigenvalue weighted by atomic mass is 10.1. The minimum absolute atomic E-state index is 0.0662. The van der Waals surface area contributed by atoms with Gasteiger partial charge < -0.3 is 30.3 Å². The molecule has 0 aliphatic carbocycles. The highest BCUT2D eigenvalue weighted by Gasteiger charge is 2.43. The normalized spacial score (nSPS) is 17.0. The summed E-state index contributed by atoms with van der Waals surface area (Å²) in [6, 6.07) is 9.92. The maximum Gasteiger partial charge on any atom is 0.263 e. The van der Waals surface area contributed by atoms with Gasteiger partial charge in [0.2, 0.25) is 6.79 Å². The minimum Gasteiger partial charge on any atom is -0.454 e. The Morgan fingerprint density at radius 1 is 1.00 bits per heavy atom. The van der Waals surface area contributed by atoms with Crippen LogP contribution >= 0.6 is 0 Å². The number of ether oxygens (including phenoxy) is 2. The monoisotopic (exact) mass is 428 g/mol. The first-order valence-corrected chi connectivity index (χ1v) is 9.74. The zero-order chi connectivity index (χ0) is 22.0. The van der Waals surface area contributed by atoms with Crippen LogP contribution in [0.3, 0.4) is 0 Å². The lowest BCUT2D eigenvalue weighted by Gasteiger charge is -2.29. The summed E-state index contributed by atoms with van der Waals surface area (Å²) < 4.78 is 24.2. The zero-order valence-corrected chi connectivity index (χ0v) is 16.5. The number of nitrogens with zero attached hydrogens (tertiary/aromatic N) is 2. The number of amides is 3. The van der Waals surface area contributed by atoms with Crippen LogP contribution in [-0.4, -0.2) is 66.7 Å². The van der Waals surface area contributed by atoms with E-state index in [0.29, 0.717) is 17.1 Å². The highest BCUT2D eigenvalue weighted by molar-refractivity contribution is 6.02. The van der Waals surface area contributed by atoms with Crippen molar-refractivity contribution in [1.29, 1.82) is 0 Å². The Morgan fingerprint density at radius 3 is 2.35 bits per heavy atom. The average Bonchev–Trinajstić information content (AvgIpc) is 3.43. The maximum absolute atomic E-state index is 13.6. The summed E-state index contributed by atoms with van der Waals surface area (Å²) in [5.41, 5.74) is 5.86. The molecule has 3 amide bonds. The molecule has 1 atom stereocenters. The number of halogens is 1. The molecule has 0 bridgehead atoms. The van der Waals surface area contributed by atoms with Crippen LogP contribution in [0.1, 0.15) is 20.7 Å². The van der Waals surface area contributed by atoms with Crippen LogP contribution in [0.15, 0.2) is 42.5 Å². The molecule has 31 heavy (non-hydrogen) atoms. The molecule has 2 aromatic carbocycles. The lowest BCUT2D eigenvalue weighted by Crippen LogP contribution is -2.54. The van der Waals surface area contributed by atoms with E-state index >= 15 is 0 Å². The molecule has 9 nitrogen and oxygen atoms in total. The molecule has 1 fully saturated rings. The van der Waals surface area contributed by atoms with Crippen LogP contribution in [0.25, 0.3) is 0 Å². The molecule has 4 rings (SSSR count). The van der Waals surface area contributed by atoms with Crippen molar-refractivity contribution < 1.29 is 28.2 Å². The Hall–Kier alpha value is -3.66. The predicted octanol–water partition coefficient (Wildman–Crippen LogP) is 0.554. The molecular formula is C21H21FN4O5. The van der Waals surface area contributed by atoms with E-state index in [2.05, 4.69) is 5.32 Å². The third-order valence-electron chi connectivity index (χ3n) is 5.06. The Morgan fingerprint density at radius 2 is 1.68 bits per heavy atom. The first-order chi connectivity index (χ1) is 15.0. The van der Waals surface area contributed by atoms with Gasteiger partial charge in [0, 0.05) is 37.3 Å². The van der Waals surface area contributed by atoms with Crippen LogP contribution in [0, 0.1) is 5.82 Å². The van der Waals surface area contributed by atoms with Crippen molar-refractivity contribution >= 4 is 17.7 Å². The molecular weight excluding hydrogens is 407 g/mol. The third-order valence-corrected chi connectivity index (χ3v) is 5.06. The number of hydrogen-bond acceptors (Lipinski definition) is 6. The molecule has 0 aromatic heterocycles. The standard InChI is InChI=1S/C21H21FN4O5/c22-15-3-1-2-13(10-15)20(28)25-8-9-26(19(25)18(27)24-7-6-23)21(29)14-4-5-16-17(11-14)31-12-30-16/h1-5,10-11,19H,6-9,12,23H2,(H,24,27). The number of rotatable bonds is 5. The predicted molar refractivity (Wildman–Crippen MR) is 107 cm³/mol. The topological polar surface area (TPSA) is 114 Å². The average molecular weight is 428 g/mol. The van der Waals surface area contributed by atoms with Gasteiger partial charge in [-0.3, -0.25) is 14.4 Å². The maximum atomic E-state index is 13.6. The van der Waals surface area contributed by atoms with Gasteiger partial charge in [-0.25, -0.2) is 4.39 Å². The van der Waals surface area contributed by atoms with Crippen molar-refractivity contribution in [2.24, 2.45) is 5.73 Å². The van der Waals surface area contributed by atoms with E-state index in [0.717, 1.165) is 6.07 Å². The summed E-state index contributed by atoms with van der Waals surface area (Å²) in [6.45, 7) is 0.702. The number of hydrogen-bond donors (Lipinski definition) is 2. The molecule has 0 radical (unpaired) electrons. The van der Waals surface area contributed by atoms with Crippen LogP contribution in [-0.2, 0) is 4.79 Å². The van der Waals surface area contributed by atoms with Gasteiger partial charge in [-0.2, -0.15) is 0 Å². The molecule has 3 N–H and O–H groups in total. The second-order valence-electron chi connectivity index (χ2n) is 7.03. The van der Waals surface area contributed by atoms with Crippen LogP contribution in [0.5, 0.6) is 11.5 Å². The highest BCUT2D eigenvalue weighted by atomic mass is 19.1. The van der Waals surface area contributed by atoms with Crippen molar-refractivity contribution in [1.82, 2.24) is 15.1 Å². The molecule has 162 valence electrons. The first kappa shape index (κ1) is 20.6. The molecule has 2 aliphatic rings. The van der Waals surface area contributed by atoms with Gasteiger partial charge in [0.15, 0.2) is 17.7 Å². The van der Waals surface area contributed by atoms with Gasteiger partial charge in [-0.05, 0) is 36.4 Å². The second-order valence-corrected chi connectivity index (χ2v) is 7.03. The molecule has 2 heterocycles. The zero-order valence-electron chi connectivity index (χ0n) is 16.5. The fourth-order valence-electron chi connectivity index (χ4n) is 3.61. The number of carbonyl (C=O) groups excluding carboxylic acids is 3. The summed E-state index contributed by atoms with van der Waals surface area (Å²) in [5.74, 6) is -1.14. The number of carbonyl (C=O) groups is 3. The van der Waals surface area contributed by atoms with Gasteiger partial charge >= 0.3 is 0 Å². The molecule has 1 unspecified atom stereocenters. The fraction of sp³-hybridized carbons (Fsp3) is 0.286. The van der Waals surface area contributed by atoms with Crippen molar-refractivity contribution in [3.8, 4) is 11.5 Å². The number of benzene rings is 2. The Balaban J connectivity index is 1.62. The molecule has 0 saturated carbocycles. The molecule has 2 aromatic rings. The SMILES string of the molecule is NCCNC(=O)C1N(C(=O)c2cccc(F)c2)CCN1C(=O)c1ccc2c(c1)OCO2. The van der Waals surface area contributed by atoms with Crippen molar-refractivity contribution in [3.05, 3.63) is 59.4 Å². The summed E-state index contributed by atoms with van der Waals surface area (Å²) in [5, 5.41) is 2.63. The summed E-state index contributed by atoms with van der Waals surface area (Å²) in [6.07, 6.45) is -1.19. The molecule has 1 saturated heterocycles. The number of nitrogens with two attached hydrogens (primary N) is 1. The van der Waals surface area contributed by atoms with E-state index in [4.69, 9.17) is 15.2 Å². The Labute approximate surface area is 177 Å². The van der Waals surface area contributed by atoms with E-state index in [-0.39, 0.29) is 38.5 Å². The van der Waals surface area contributed by atoms with Crippen LogP contribution in [0.4, 0.5) is 4.39 Å². The molecule has 2 aliphatic heterocycles. The quantitative estimate of drug-likeness (QED) is 0.719. The number of nitrogens with one attached hydrogen (secondary N) is 1. The van der Waals surface area contributed by atoms with Gasteiger partial charge in [0.25, 0.3) is 17.7 Å². The Kier molecular flexibility index (Phi) is 5.72. The minimum atomic E-state index is -1.19. The van der Waals surface area contributed by atoms with Gasteiger partial charge in [0.1, 0.15) is 5.82 Å². The number of fused-ring (bicyclic) bond motifs is 1. The van der Waals surface area contributed by atoms with Crippen LogP contribution in [0.2, 0.25) is 0 Å². The first-order valence-electron chi connectivity index (χ1n) is 9.74. The van der Waals surface area contributed by atoms with E-state index < -0.39 is 29.7 Å². The summed E-state index contributed by atoms with van der Waals surface area (Å²) in [4.78, 5) is 41.7. The van der Waals surface area contributed by atoms with E-state index in [1.807, 2.05) is 0 Å². The van der Waals surface area contributed by atoms with E-state index in [9.17, 15) is 18.8 Å². The largest absolute Gasteiger partial charge is 0.454 e. The summed E-state index contributed by atoms with van der Waals surface area (Å²) in [7, 11) is 0. The lowest BCUT2D eigenvalue weighted by molar-refractivity contribution is -0.128. The Bertz CT molecular complexity index is 1030. The fourth-order valence-corrected chi connectivity index (χ4v) is 3.61. The van der Waals surface area contributed by atoms with E-state index in [1.165, 1.54) is 34.1 Å².